The lowest BCUT2D eigenvalue weighted by Gasteiger charge is -2.29. The van der Waals surface area contributed by atoms with Crippen molar-refractivity contribution >= 4 is 39.1 Å². The molecule has 0 aromatic heterocycles. The van der Waals surface area contributed by atoms with E-state index in [9.17, 15) is 18.0 Å². The van der Waals surface area contributed by atoms with Crippen molar-refractivity contribution in [1.29, 1.82) is 0 Å². The zero-order valence-electron chi connectivity index (χ0n) is 18.0. The number of esters is 1. The van der Waals surface area contributed by atoms with Gasteiger partial charge in [0.05, 0.1) is 11.3 Å². The Kier molecular flexibility index (Phi) is 6.01. The molecule has 1 atom stereocenters. The predicted octanol–water partition coefficient (Wildman–Crippen LogP) is 3.38. The lowest BCUT2D eigenvalue weighted by molar-refractivity contribution is -0.126. The molecule has 2 aliphatic rings. The minimum absolute atomic E-state index is 0.0158. The van der Waals surface area contributed by atoms with E-state index in [1.54, 1.807) is 25.2 Å². The fraction of sp³-hybridized carbons (Fsp3) is 0.348. The molecule has 0 spiro atoms. The highest BCUT2D eigenvalue weighted by Crippen LogP contribution is 2.35. The maximum atomic E-state index is 12.8. The molecule has 0 aliphatic carbocycles. The van der Waals surface area contributed by atoms with E-state index in [1.807, 2.05) is 23.1 Å². The second kappa shape index (κ2) is 8.74. The topological polar surface area (TPSA) is 96.4 Å². The van der Waals surface area contributed by atoms with Crippen LogP contribution in [-0.4, -0.2) is 45.8 Å². The molecule has 1 fully saturated rings. The number of amides is 1. The second-order valence-corrected chi connectivity index (χ2v) is 9.48. The molecule has 32 heavy (non-hydrogen) atoms. The lowest BCUT2D eigenvalue weighted by Crippen LogP contribution is -2.37. The summed E-state index contributed by atoms with van der Waals surface area (Å²) in [4.78, 5) is 28.7. The molecule has 2 aliphatic heterocycles. The highest BCUT2D eigenvalue weighted by molar-refractivity contribution is 7.90. The lowest BCUT2D eigenvalue weighted by atomic mass is 10.1. The van der Waals surface area contributed by atoms with Crippen molar-refractivity contribution in [3.63, 3.8) is 0 Å². The quantitative estimate of drug-likeness (QED) is 0.656. The van der Waals surface area contributed by atoms with Crippen molar-refractivity contribution in [3.8, 4) is 0 Å². The third-order valence-electron chi connectivity index (χ3n) is 5.69. The van der Waals surface area contributed by atoms with Crippen LogP contribution >= 0.6 is 0 Å². The smallest absolute Gasteiger partial charge is 0.338 e. The van der Waals surface area contributed by atoms with Gasteiger partial charge in [-0.05, 0) is 50.1 Å². The van der Waals surface area contributed by atoms with E-state index < -0.39 is 28.0 Å². The number of sulfonamides is 1. The van der Waals surface area contributed by atoms with Crippen molar-refractivity contribution < 1.29 is 22.7 Å². The first-order valence-electron chi connectivity index (χ1n) is 10.6. The van der Waals surface area contributed by atoms with Crippen molar-refractivity contribution in [2.75, 3.05) is 23.4 Å². The summed E-state index contributed by atoms with van der Waals surface area (Å²) in [6, 6.07) is 13.4. The summed E-state index contributed by atoms with van der Waals surface area (Å²) in [5, 5.41) is 0. The average Bonchev–Trinajstić information content (AvgIpc) is 3.03. The van der Waals surface area contributed by atoms with Crippen LogP contribution in [0.1, 0.15) is 43.0 Å². The number of hydrogen-bond donors (Lipinski definition) is 0. The van der Waals surface area contributed by atoms with Crippen molar-refractivity contribution in [2.24, 2.45) is 4.40 Å². The Morgan fingerprint density at radius 3 is 2.59 bits per heavy atom. The van der Waals surface area contributed by atoms with E-state index in [-0.39, 0.29) is 10.5 Å². The molecule has 1 saturated heterocycles. The first kappa shape index (κ1) is 22.0. The van der Waals surface area contributed by atoms with E-state index in [1.165, 1.54) is 24.0 Å². The molecular weight excluding hydrogens is 430 g/mol. The molecule has 9 heteroatoms. The summed E-state index contributed by atoms with van der Waals surface area (Å²) in [6.45, 7) is 2.17. The number of nitrogens with zero attached hydrogens (tertiary/aromatic N) is 3. The molecule has 0 N–H and O–H groups in total. The zero-order valence-corrected chi connectivity index (χ0v) is 18.8. The van der Waals surface area contributed by atoms with Gasteiger partial charge in [-0.15, -0.1) is 4.40 Å². The van der Waals surface area contributed by atoms with Crippen molar-refractivity contribution in [3.05, 3.63) is 54.1 Å². The number of likely N-dealkylation sites (N-methyl/N-ethyl adjacent to an activating group) is 1. The van der Waals surface area contributed by atoms with Crippen LogP contribution in [0.25, 0.3) is 0 Å². The van der Waals surface area contributed by atoms with Gasteiger partial charge in [-0.3, -0.25) is 4.79 Å². The normalized spacial score (nSPS) is 17.8. The molecular formula is C23H25N3O5S. The summed E-state index contributed by atoms with van der Waals surface area (Å²) in [7, 11) is -2.31. The van der Waals surface area contributed by atoms with Gasteiger partial charge in [-0.2, -0.15) is 8.42 Å². The van der Waals surface area contributed by atoms with Crippen LogP contribution in [0.15, 0.2) is 57.8 Å². The van der Waals surface area contributed by atoms with Gasteiger partial charge in [-0.1, -0.05) is 24.6 Å². The average molecular weight is 456 g/mol. The standard InChI is InChI=1S/C23H25N3O5S/c1-16(22(27)25(2)18-9-5-3-6-10-18)31-23(28)17-12-13-19-20(15-17)32(29,30)24-21-11-7-4-8-14-26(19)21/h3,5-6,9-10,12-13,15-16H,4,7-8,11,14H2,1-2H3/t16-/m0/s1. The van der Waals surface area contributed by atoms with Gasteiger partial charge in [0, 0.05) is 25.7 Å². The fourth-order valence-electron chi connectivity index (χ4n) is 3.94. The molecule has 168 valence electrons. The van der Waals surface area contributed by atoms with Crippen LogP contribution in [0.2, 0.25) is 0 Å². The number of benzene rings is 2. The Morgan fingerprint density at radius 1 is 1.09 bits per heavy atom. The van der Waals surface area contributed by atoms with Gasteiger partial charge in [0.15, 0.2) is 6.10 Å². The van der Waals surface area contributed by atoms with Crippen LogP contribution in [0.5, 0.6) is 0 Å². The Balaban J connectivity index is 1.54. The maximum absolute atomic E-state index is 12.8. The van der Waals surface area contributed by atoms with Crippen molar-refractivity contribution in [2.45, 2.75) is 43.6 Å². The zero-order chi connectivity index (χ0) is 22.9. The molecule has 1 amide bonds. The highest BCUT2D eigenvalue weighted by atomic mass is 32.2. The largest absolute Gasteiger partial charge is 0.449 e. The van der Waals surface area contributed by atoms with Crippen LogP contribution in [0, 0.1) is 0 Å². The molecule has 8 nitrogen and oxygen atoms in total. The summed E-state index contributed by atoms with van der Waals surface area (Å²) >= 11 is 0. The van der Waals surface area contributed by atoms with Gasteiger partial charge < -0.3 is 14.5 Å². The minimum atomic E-state index is -3.92. The Labute approximate surface area is 187 Å². The number of carbonyl (C=O) groups excluding carboxylic acids is 2. The van der Waals surface area contributed by atoms with Crippen LogP contribution < -0.4 is 9.80 Å². The molecule has 2 aromatic carbocycles. The second-order valence-electron chi connectivity index (χ2n) is 7.91. The van der Waals surface area contributed by atoms with Crippen molar-refractivity contribution in [1.82, 2.24) is 0 Å². The number of para-hydroxylation sites is 1. The van der Waals surface area contributed by atoms with E-state index >= 15 is 0 Å². The highest BCUT2D eigenvalue weighted by Gasteiger charge is 2.33. The number of hydrogen-bond acceptors (Lipinski definition) is 6. The SMILES string of the molecule is C[C@H](OC(=O)c1ccc2c(c1)S(=O)(=O)N=C1CCCCCN12)C(=O)N(C)c1ccccc1. The van der Waals surface area contributed by atoms with E-state index in [0.717, 1.165) is 19.3 Å². The first-order valence-corrected chi connectivity index (χ1v) is 12.0. The van der Waals surface area contributed by atoms with Gasteiger partial charge in [-0.25, -0.2) is 4.79 Å². The molecule has 0 bridgehead atoms. The molecule has 2 aromatic rings. The first-order chi connectivity index (χ1) is 15.3. The summed E-state index contributed by atoms with van der Waals surface area (Å²) in [5.41, 5.74) is 1.26. The van der Waals surface area contributed by atoms with Crippen LogP contribution in [0.3, 0.4) is 0 Å². The van der Waals surface area contributed by atoms with Gasteiger partial charge in [0.25, 0.3) is 15.9 Å². The van der Waals surface area contributed by atoms with Gasteiger partial charge in [0.1, 0.15) is 10.7 Å². The third-order valence-corrected chi connectivity index (χ3v) is 7.02. The number of anilines is 2. The van der Waals surface area contributed by atoms with Gasteiger partial charge in [0.2, 0.25) is 0 Å². The maximum Gasteiger partial charge on any atom is 0.338 e. The summed E-state index contributed by atoms with van der Waals surface area (Å²) in [5.74, 6) is -0.613. The number of ether oxygens (including phenoxy) is 1. The Bertz CT molecular complexity index is 1180. The van der Waals surface area contributed by atoms with Gasteiger partial charge >= 0.3 is 5.97 Å². The fourth-order valence-corrected chi connectivity index (χ4v) is 5.22. The van der Waals surface area contributed by atoms with Crippen LogP contribution in [-0.2, 0) is 19.6 Å². The molecule has 2 heterocycles. The number of amidine groups is 1. The molecule has 0 radical (unpaired) electrons. The van der Waals surface area contributed by atoms with E-state index in [2.05, 4.69) is 4.40 Å². The molecule has 0 saturated carbocycles. The minimum Gasteiger partial charge on any atom is -0.449 e. The van der Waals surface area contributed by atoms with E-state index in [4.69, 9.17) is 4.74 Å². The van der Waals surface area contributed by atoms with E-state index in [0.29, 0.717) is 30.2 Å². The number of fused-ring (bicyclic) bond motifs is 3. The summed E-state index contributed by atoms with van der Waals surface area (Å²) < 4.78 is 34.9. The third kappa shape index (κ3) is 4.25. The molecule has 0 unspecified atom stereocenters. The monoisotopic (exact) mass is 455 g/mol. The number of carbonyl (C=O) groups is 2. The van der Waals surface area contributed by atoms with Crippen LogP contribution in [0.4, 0.5) is 11.4 Å². The summed E-state index contributed by atoms with van der Waals surface area (Å²) in [6.07, 6.45) is 2.41. The predicted molar refractivity (Wildman–Crippen MR) is 122 cm³/mol. The number of rotatable bonds is 4. The molecule has 4 rings (SSSR count). The Hall–Kier alpha value is -3.20. The Morgan fingerprint density at radius 2 is 1.84 bits per heavy atom.